The molecule has 0 saturated carbocycles. The SMILES string of the molecule is CCOc1ccc(N(C)C(C)(C)C(=O)OC)cc1. The van der Waals surface area contributed by atoms with E-state index in [0.717, 1.165) is 11.4 Å². The van der Waals surface area contributed by atoms with Gasteiger partial charge in [0.1, 0.15) is 11.3 Å². The van der Waals surface area contributed by atoms with E-state index in [1.165, 1.54) is 7.11 Å². The summed E-state index contributed by atoms with van der Waals surface area (Å²) in [6.07, 6.45) is 0. The molecule has 0 aliphatic rings. The van der Waals surface area contributed by atoms with E-state index in [4.69, 9.17) is 9.47 Å². The molecule has 1 rings (SSSR count). The monoisotopic (exact) mass is 251 g/mol. The van der Waals surface area contributed by atoms with Gasteiger partial charge in [0.05, 0.1) is 13.7 Å². The number of hydrogen-bond donors (Lipinski definition) is 0. The Bertz CT molecular complexity index is 398. The van der Waals surface area contributed by atoms with Crippen molar-refractivity contribution in [1.29, 1.82) is 0 Å². The minimum atomic E-state index is -0.706. The van der Waals surface area contributed by atoms with Crippen LogP contribution in [0.4, 0.5) is 5.69 Å². The molecular formula is C14H21NO3. The summed E-state index contributed by atoms with van der Waals surface area (Å²) in [5, 5.41) is 0. The molecule has 0 spiro atoms. The van der Waals surface area contributed by atoms with E-state index in [9.17, 15) is 4.79 Å². The van der Waals surface area contributed by atoms with Crippen molar-refractivity contribution in [2.24, 2.45) is 0 Å². The number of nitrogens with zero attached hydrogens (tertiary/aromatic N) is 1. The highest BCUT2D eigenvalue weighted by Crippen LogP contribution is 2.25. The van der Waals surface area contributed by atoms with Crippen LogP contribution >= 0.6 is 0 Å². The van der Waals surface area contributed by atoms with Crippen LogP contribution in [0, 0.1) is 0 Å². The van der Waals surface area contributed by atoms with Crippen LogP contribution in [0.5, 0.6) is 5.75 Å². The van der Waals surface area contributed by atoms with Crippen LogP contribution in [0.2, 0.25) is 0 Å². The summed E-state index contributed by atoms with van der Waals surface area (Å²) in [5.74, 6) is 0.560. The Kier molecular flexibility index (Phi) is 4.59. The van der Waals surface area contributed by atoms with Crippen LogP contribution in [0.3, 0.4) is 0 Å². The van der Waals surface area contributed by atoms with E-state index in [0.29, 0.717) is 6.61 Å². The second-order valence-corrected chi connectivity index (χ2v) is 4.54. The van der Waals surface area contributed by atoms with Crippen molar-refractivity contribution in [3.05, 3.63) is 24.3 Å². The average Bonchev–Trinajstić information content (AvgIpc) is 2.38. The minimum absolute atomic E-state index is 0.265. The summed E-state index contributed by atoms with van der Waals surface area (Å²) in [4.78, 5) is 13.6. The van der Waals surface area contributed by atoms with Gasteiger partial charge >= 0.3 is 5.97 Å². The number of benzene rings is 1. The molecule has 0 saturated heterocycles. The quantitative estimate of drug-likeness (QED) is 0.754. The molecule has 4 nitrogen and oxygen atoms in total. The number of rotatable bonds is 5. The van der Waals surface area contributed by atoms with Gasteiger partial charge < -0.3 is 14.4 Å². The molecule has 0 heterocycles. The third kappa shape index (κ3) is 2.94. The highest BCUT2D eigenvalue weighted by molar-refractivity contribution is 5.84. The summed E-state index contributed by atoms with van der Waals surface area (Å²) in [5.41, 5.74) is 0.232. The Balaban J connectivity index is 2.89. The van der Waals surface area contributed by atoms with Gasteiger partial charge in [0.25, 0.3) is 0 Å². The third-order valence-corrected chi connectivity index (χ3v) is 3.06. The van der Waals surface area contributed by atoms with Crippen molar-refractivity contribution in [3.8, 4) is 5.75 Å². The maximum Gasteiger partial charge on any atom is 0.331 e. The molecule has 4 heteroatoms. The first-order valence-corrected chi connectivity index (χ1v) is 5.98. The van der Waals surface area contributed by atoms with E-state index < -0.39 is 5.54 Å². The predicted molar refractivity (Wildman–Crippen MR) is 72.1 cm³/mol. The fourth-order valence-corrected chi connectivity index (χ4v) is 1.64. The molecule has 0 aliphatic heterocycles. The fraction of sp³-hybridized carbons (Fsp3) is 0.500. The van der Waals surface area contributed by atoms with Crippen LogP contribution in [0.1, 0.15) is 20.8 Å². The second kappa shape index (κ2) is 5.76. The van der Waals surface area contributed by atoms with Gasteiger partial charge in [-0.1, -0.05) is 0 Å². The van der Waals surface area contributed by atoms with Gasteiger partial charge in [-0.2, -0.15) is 0 Å². The number of anilines is 1. The van der Waals surface area contributed by atoms with Crippen LogP contribution in [-0.4, -0.2) is 32.3 Å². The van der Waals surface area contributed by atoms with E-state index >= 15 is 0 Å². The first-order chi connectivity index (χ1) is 8.43. The van der Waals surface area contributed by atoms with Crippen molar-refractivity contribution in [2.45, 2.75) is 26.3 Å². The zero-order chi connectivity index (χ0) is 13.8. The van der Waals surface area contributed by atoms with Gasteiger partial charge in [-0.3, -0.25) is 0 Å². The summed E-state index contributed by atoms with van der Waals surface area (Å²) in [7, 11) is 3.27. The van der Waals surface area contributed by atoms with Crippen LogP contribution < -0.4 is 9.64 Å². The summed E-state index contributed by atoms with van der Waals surface area (Å²) in [6, 6.07) is 7.64. The van der Waals surface area contributed by atoms with Gasteiger partial charge in [0.2, 0.25) is 0 Å². The van der Waals surface area contributed by atoms with E-state index in [2.05, 4.69) is 0 Å². The van der Waals surface area contributed by atoms with E-state index in [1.54, 1.807) is 0 Å². The van der Waals surface area contributed by atoms with Gasteiger partial charge in [-0.25, -0.2) is 4.79 Å². The molecule has 0 aliphatic carbocycles. The Morgan fingerprint density at radius 2 is 1.83 bits per heavy atom. The van der Waals surface area contributed by atoms with Crippen LogP contribution in [0.15, 0.2) is 24.3 Å². The number of carbonyl (C=O) groups is 1. The Hall–Kier alpha value is -1.71. The van der Waals surface area contributed by atoms with E-state index in [1.807, 2.05) is 57.0 Å². The molecule has 0 amide bonds. The molecule has 1 aromatic carbocycles. The average molecular weight is 251 g/mol. The second-order valence-electron chi connectivity index (χ2n) is 4.54. The van der Waals surface area contributed by atoms with Gasteiger partial charge in [-0.05, 0) is 45.0 Å². The molecule has 1 aromatic rings. The first-order valence-electron chi connectivity index (χ1n) is 5.98. The lowest BCUT2D eigenvalue weighted by Gasteiger charge is -2.34. The number of likely N-dealkylation sites (N-methyl/N-ethyl adjacent to an activating group) is 1. The fourth-order valence-electron chi connectivity index (χ4n) is 1.64. The lowest BCUT2D eigenvalue weighted by Crippen LogP contribution is -2.48. The summed E-state index contributed by atoms with van der Waals surface area (Å²) >= 11 is 0. The lowest BCUT2D eigenvalue weighted by atomic mass is 10.0. The molecule has 0 fully saturated rings. The molecule has 0 unspecified atom stereocenters. The van der Waals surface area contributed by atoms with Crippen molar-refractivity contribution in [3.63, 3.8) is 0 Å². The third-order valence-electron chi connectivity index (χ3n) is 3.06. The first kappa shape index (κ1) is 14.4. The summed E-state index contributed by atoms with van der Waals surface area (Å²) in [6.45, 7) is 6.24. The molecule has 0 bridgehead atoms. The molecule has 18 heavy (non-hydrogen) atoms. The van der Waals surface area contributed by atoms with Crippen LogP contribution in [0.25, 0.3) is 0 Å². The topological polar surface area (TPSA) is 38.8 Å². The molecule has 0 N–H and O–H groups in total. The number of ether oxygens (including phenoxy) is 2. The largest absolute Gasteiger partial charge is 0.494 e. The van der Waals surface area contributed by atoms with Crippen molar-refractivity contribution < 1.29 is 14.3 Å². The number of esters is 1. The van der Waals surface area contributed by atoms with Crippen molar-refractivity contribution in [2.75, 3.05) is 25.7 Å². The standard InChI is InChI=1S/C14H21NO3/c1-6-18-12-9-7-11(8-10-12)15(4)14(2,3)13(16)17-5/h7-10H,6H2,1-5H3. The Morgan fingerprint density at radius 3 is 2.28 bits per heavy atom. The highest BCUT2D eigenvalue weighted by atomic mass is 16.5. The maximum atomic E-state index is 11.7. The summed E-state index contributed by atoms with van der Waals surface area (Å²) < 4.78 is 10.2. The van der Waals surface area contributed by atoms with Gasteiger partial charge in [0, 0.05) is 12.7 Å². The molecule has 0 aromatic heterocycles. The van der Waals surface area contributed by atoms with Crippen LogP contribution in [-0.2, 0) is 9.53 Å². The molecule has 0 atom stereocenters. The molecule has 0 radical (unpaired) electrons. The van der Waals surface area contributed by atoms with E-state index in [-0.39, 0.29) is 5.97 Å². The van der Waals surface area contributed by atoms with Crippen molar-refractivity contribution >= 4 is 11.7 Å². The van der Waals surface area contributed by atoms with Crippen molar-refractivity contribution in [1.82, 2.24) is 0 Å². The maximum absolute atomic E-state index is 11.7. The predicted octanol–water partition coefficient (Wildman–Crippen LogP) is 2.47. The lowest BCUT2D eigenvalue weighted by molar-refractivity contribution is -0.145. The number of hydrogen-bond acceptors (Lipinski definition) is 4. The van der Waals surface area contributed by atoms with Gasteiger partial charge in [-0.15, -0.1) is 0 Å². The smallest absolute Gasteiger partial charge is 0.331 e. The number of carbonyl (C=O) groups excluding carboxylic acids is 1. The normalized spacial score (nSPS) is 10.9. The zero-order valence-electron chi connectivity index (χ0n) is 11.7. The Labute approximate surface area is 108 Å². The molecule has 100 valence electrons. The number of methoxy groups -OCH3 is 1. The zero-order valence-corrected chi connectivity index (χ0v) is 11.7. The minimum Gasteiger partial charge on any atom is -0.494 e. The highest BCUT2D eigenvalue weighted by Gasteiger charge is 2.33. The molecular weight excluding hydrogens is 230 g/mol. The van der Waals surface area contributed by atoms with Gasteiger partial charge in [0.15, 0.2) is 0 Å². The Morgan fingerprint density at radius 1 is 1.28 bits per heavy atom.